The summed E-state index contributed by atoms with van der Waals surface area (Å²) in [5.74, 6) is -0.167. The van der Waals surface area contributed by atoms with Crippen LogP contribution in [-0.4, -0.2) is 17.5 Å². The van der Waals surface area contributed by atoms with Crippen LogP contribution in [0, 0.1) is 11.3 Å². The fourth-order valence-electron chi connectivity index (χ4n) is 1.28. The standard InChI is InChI=1S/C13H13NO2/c14-8-7-13(16)12-6-3-5-11(10-12)4-1-2-9-15/h1,3-6,10,15H,2,7,9H2. The minimum atomic E-state index is -0.167. The van der Waals surface area contributed by atoms with E-state index in [9.17, 15) is 4.79 Å². The molecule has 1 aromatic rings. The zero-order chi connectivity index (χ0) is 11.8. The van der Waals surface area contributed by atoms with Crippen molar-refractivity contribution < 1.29 is 9.90 Å². The van der Waals surface area contributed by atoms with Gasteiger partial charge in [0, 0.05) is 12.2 Å². The van der Waals surface area contributed by atoms with Gasteiger partial charge in [-0.3, -0.25) is 4.79 Å². The number of hydrogen-bond donors (Lipinski definition) is 1. The SMILES string of the molecule is N#CCC(=O)c1cccc(C=CCCO)c1. The Morgan fingerprint density at radius 1 is 1.50 bits per heavy atom. The van der Waals surface area contributed by atoms with Crippen LogP contribution >= 0.6 is 0 Å². The van der Waals surface area contributed by atoms with Crippen LogP contribution in [0.15, 0.2) is 30.3 Å². The highest BCUT2D eigenvalue weighted by atomic mass is 16.2. The minimum Gasteiger partial charge on any atom is -0.396 e. The monoisotopic (exact) mass is 215 g/mol. The summed E-state index contributed by atoms with van der Waals surface area (Å²) in [7, 11) is 0. The molecule has 0 atom stereocenters. The number of Topliss-reactive ketones (excluding diaryl/α,β-unsaturated/α-hetero) is 1. The highest BCUT2D eigenvalue weighted by Crippen LogP contribution is 2.09. The number of benzene rings is 1. The number of hydrogen-bond acceptors (Lipinski definition) is 3. The number of rotatable bonds is 5. The lowest BCUT2D eigenvalue weighted by Gasteiger charge is -1.98. The summed E-state index contributed by atoms with van der Waals surface area (Å²) in [5, 5.41) is 17.0. The molecule has 3 nitrogen and oxygen atoms in total. The molecular formula is C13H13NO2. The van der Waals surface area contributed by atoms with Crippen LogP contribution in [-0.2, 0) is 0 Å². The van der Waals surface area contributed by atoms with Crippen molar-refractivity contribution in [3.05, 3.63) is 41.5 Å². The second kappa shape index (κ2) is 6.54. The van der Waals surface area contributed by atoms with E-state index in [2.05, 4.69) is 0 Å². The van der Waals surface area contributed by atoms with Gasteiger partial charge in [0.1, 0.15) is 0 Å². The zero-order valence-electron chi connectivity index (χ0n) is 8.89. The van der Waals surface area contributed by atoms with Crippen molar-refractivity contribution in [3.63, 3.8) is 0 Å². The lowest BCUT2D eigenvalue weighted by atomic mass is 10.1. The van der Waals surface area contributed by atoms with Crippen molar-refractivity contribution in [2.45, 2.75) is 12.8 Å². The van der Waals surface area contributed by atoms with E-state index in [-0.39, 0.29) is 18.8 Å². The third-order valence-electron chi connectivity index (χ3n) is 2.05. The van der Waals surface area contributed by atoms with Crippen LogP contribution in [0.3, 0.4) is 0 Å². The molecule has 0 fully saturated rings. The number of aliphatic hydroxyl groups excluding tert-OH is 1. The third kappa shape index (κ3) is 3.68. The Balaban J connectivity index is 2.79. The molecule has 0 saturated heterocycles. The molecule has 0 radical (unpaired) electrons. The smallest absolute Gasteiger partial charge is 0.176 e. The molecule has 0 heterocycles. The van der Waals surface area contributed by atoms with E-state index in [1.807, 2.05) is 24.3 Å². The average Bonchev–Trinajstić information content (AvgIpc) is 2.30. The molecule has 0 saturated carbocycles. The van der Waals surface area contributed by atoms with Gasteiger partial charge in [0.15, 0.2) is 5.78 Å². The first-order chi connectivity index (χ1) is 7.77. The van der Waals surface area contributed by atoms with E-state index in [1.165, 1.54) is 0 Å². The molecule has 0 aliphatic heterocycles. The van der Waals surface area contributed by atoms with Gasteiger partial charge in [-0.25, -0.2) is 0 Å². The first-order valence-electron chi connectivity index (χ1n) is 5.05. The summed E-state index contributed by atoms with van der Waals surface area (Å²) >= 11 is 0. The predicted molar refractivity (Wildman–Crippen MR) is 61.7 cm³/mol. The Kier molecular flexibility index (Phi) is 4.97. The molecule has 1 rings (SSSR count). The fraction of sp³-hybridized carbons (Fsp3) is 0.231. The molecule has 82 valence electrons. The van der Waals surface area contributed by atoms with Gasteiger partial charge in [-0.2, -0.15) is 5.26 Å². The topological polar surface area (TPSA) is 61.1 Å². The predicted octanol–water partition coefficient (Wildman–Crippen LogP) is 2.18. The summed E-state index contributed by atoms with van der Waals surface area (Å²) in [6, 6.07) is 8.93. The maximum absolute atomic E-state index is 11.4. The minimum absolute atomic E-state index is 0.0934. The van der Waals surface area contributed by atoms with Crippen molar-refractivity contribution >= 4 is 11.9 Å². The number of nitriles is 1. The van der Waals surface area contributed by atoms with Crippen LogP contribution in [0.5, 0.6) is 0 Å². The van der Waals surface area contributed by atoms with Crippen LogP contribution in [0.25, 0.3) is 6.08 Å². The van der Waals surface area contributed by atoms with Gasteiger partial charge in [0.05, 0.1) is 12.5 Å². The zero-order valence-corrected chi connectivity index (χ0v) is 8.89. The van der Waals surface area contributed by atoms with Crippen LogP contribution in [0.2, 0.25) is 0 Å². The molecule has 16 heavy (non-hydrogen) atoms. The summed E-state index contributed by atoms with van der Waals surface area (Å²) in [6.07, 6.45) is 4.19. The molecule has 0 amide bonds. The quantitative estimate of drug-likeness (QED) is 0.766. The average molecular weight is 215 g/mol. The number of carbonyl (C=O) groups is 1. The van der Waals surface area contributed by atoms with Gasteiger partial charge >= 0.3 is 0 Å². The molecule has 0 aliphatic carbocycles. The highest BCUT2D eigenvalue weighted by Gasteiger charge is 2.04. The summed E-state index contributed by atoms with van der Waals surface area (Å²) in [5.41, 5.74) is 1.45. The lowest BCUT2D eigenvalue weighted by Crippen LogP contribution is -1.97. The first-order valence-corrected chi connectivity index (χ1v) is 5.05. The van der Waals surface area contributed by atoms with Gasteiger partial charge in [-0.15, -0.1) is 0 Å². The second-order valence-corrected chi connectivity index (χ2v) is 3.30. The maximum atomic E-state index is 11.4. The third-order valence-corrected chi connectivity index (χ3v) is 2.05. The highest BCUT2D eigenvalue weighted by molar-refractivity contribution is 5.97. The van der Waals surface area contributed by atoms with Crippen molar-refractivity contribution in [2.24, 2.45) is 0 Å². The number of carbonyl (C=O) groups excluding carboxylic acids is 1. The van der Waals surface area contributed by atoms with E-state index >= 15 is 0 Å². The Hall–Kier alpha value is -1.92. The van der Waals surface area contributed by atoms with Crippen molar-refractivity contribution in [3.8, 4) is 6.07 Å². The van der Waals surface area contributed by atoms with Crippen LogP contribution < -0.4 is 0 Å². The largest absolute Gasteiger partial charge is 0.396 e. The molecule has 0 aromatic heterocycles. The molecule has 3 heteroatoms. The van der Waals surface area contributed by atoms with Crippen molar-refractivity contribution in [2.75, 3.05) is 6.61 Å². The van der Waals surface area contributed by atoms with E-state index < -0.39 is 0 Å². The Bertz CT molecular complexity index is 430. The molecular weight excluding hydrogens is 202 g/mol. The summed E-state index contributed by atoms with van der Waals surface area (Å²) < 4.78 is 0. The van der Waals surface area contributed by atoms with E-state index in [0.717, 1.165) is 5.56 Å². The van der Waals surface area contributed by atoms with Crippen molar-refractivity contribution in [1.29, 1.82) is 5.26 Å². The van der Waals surface area contributed by atoms with E-state index in [4.69, 9.17) is 10.4 Å². The van der Waals surface area contributed by atoms with Gasteiger partial charge in [-0.05, 0) is 18.1 Å². The first kappa shape index (κ1) is 12.2. The van der Waals surface area contributed by atoms with Crippen LogP contribution in [0.4, 0.5) is 0 Å². The van der Waals surface area contributed by atoms with Crippen LogP contribution in [0.1, 0.15) is 28.8 Å². The molecule has 1 aromatic carbocycles. The van der Waals surface area contributed by atoms with Crippen molar-refractivity contribution in [1.82, 2.24) is 0 Å². The van der Waals surface area contributed by atoms with E-state index in [1.54, 1.807) is 18.2 Å². The maximum Gasteiger partial charge on any atom is 0.176 e. The number of nitrogens with zero attached hydrogens (tertiary/aromatic N) is 1. The Morgan fingerprint density at radius 2 is 2.31 bits per heavy atom. The Labute approximate surface area is 94.6 Å². The van der Waals surface area contributed by atoms with Gasteiger partial charge in [0.2, 0.25) is 0 Å². The lowest BCUT2D eigenvalue weighted by molar-refractivity contribution is 0.0997. The van der Waals surface area contributed by atoms with E-state index in [0.29, 0.717) is 12.0 Å². The molecule has 0 spiro atoms. The van der Waals surface area contributed by atoms with Gasteiger partial charge < -0.3 is 5.11 Å². The summed E-state index contributed by atoms with van der Waals surface area (Å²) in [6.45, 7) is 0.115. The molecule has 0 unspecified atom stereocenters. The van der Waals surface area contributed by atoms with Gasteiger partial charge in [-0.1, -0.05) is 30.4 Å². The summed E-state index contributed by atoms with van der Waals surface area (Å²) in [4.78, 5) is 11.4. The molecule has 0 aliphatic rings. The Morgan fingerprint density at radius 3 is 3.00 bits per heavy atom. The normalized spacial score (nSPS) is 10.2. The second-order valence-electron chi connectivity index (χ2n) is 3.30. The number of aliphatic hydroxyl groups is 1. The van der Waals surface area contributed by atoms with Gasteiger partial charge in [0.25, 0.3) is 0 Å². The fourth-order valence-corrected chi connectivity index (χ4v) is 1.28. The number of ketones is 1. The molecule has 1 N–H and O–H groups in total. The molecule has 0 bridgehead atoms.